The second-order valence-electron chi connectivity index (χ2n) is 6.49. The summed E-state index contributed by atoms with van der Waals surface area (Å²) in [5.74, 6) is -1.40. The predicted molar refractivity (Wildman–Crippen MR) is 103 cm³/mol. The van der Waals surface area contributed by atoms with Gasteiger partial charge in [-0.15, -0.1) is 5.10 Å². The molecule has 8 nitrogen and oxygen atoms in total. The van der Waals surface area contributed by atoms with Crippen LogP contribution in [-0.4, -0.2) is 37.3 Å². The van der Waals surface area contributed by atoms with Crippen molar-refractivity contribution in [3.8, 4) is 0 Å². The van der Waals surface area contributed by atoms with E-state index in [4.69, 9.17) is 9.84 Å². The fraction of sp³-hybridized carbons (Fsp3) is 0.0952. The van der Waals surface area contributed by atoms with E-state index < -0.39 is 11.9 Å². The van der Waals surface area contributed by atoms with Crippen LogP contribution in [0.3, 0.4) is 0 Å². The van der Waals surface area contributed by atoms with Gasteiger partial charge in [0, 0.05) is 0 Å². The van der Waals surface area contributed by atoms with Crippen LogP contribution in [0.15, 0.2) is 67.0 Å². The molecule has 8 heteroatoms. The number of carboxylic acid groups (broad SMARTS) is 1. The molecule has 1 aromatic heterocycles. The van der Waals surface area contributed by atoms with Gasteiger partial charge in [-0.05, 0) is 63.0 Å². The third kappa shape index (κ3) is 4.27. The van der Waals surface area contributed by atoms with Gasteiger partial charge in [-0.3, -0.25) is 0 Å². The monoisotopic (exact) mass is 388 g/mol. The molecule has 1 N–H and O–H groups in total. The zero-order valence-electron chi connectivity index (χ0n) is 15.2. The number of carbonyl (C=O) groups excluding carboxylic acids is 1. The van der Waals surface area contributed by atoms with E-state index in [1.54, 1.807) is 36.4 Å². The van der Waals surface area contributed by atoms with Gasteiger partial charge in [0.1, 0.15) is 6.33 Å². The van der Waals surface area contributed by atoms with Crippen LogP contribution in [0.25, 0.3) is 10.8 Å². The van der Waals surface area contributed by atoms with Crippen molar-refractivity contribution in [2.45, 2.75) is 13.2 Å². The summed E-state index contributed by atoms with van der Waals surface area (Å²) in [5, 5.41) is 21.5. The number of carboxylic acids is 1. The molecule has 0 atom stereocenters. The van der Waals surface area contributed by atoms with Crippen LogP contribution in [-0.2, 0) is 17.9 Å². The second-order valence-corrected chi connectivity index (χ2v) is 6.49. The minimum atomic E-state index is -0.943. The average Bonchev–Trinajstić information content (AvgIpc) is 3.25. The standard InChI is InChI=1S/C21H16N4O4/c26-20(27)17-5-1-14(2-6-17)9-15-3-4-16-7-8-18(11-19(16)10-15)21(28)29-13-25-12-22-23-24-25/h1-8,10-12H,9,13H2,(H,26,27). The van der Waals surface area contributed by atoms with E-state index in [-0.39, 0.29) is 12.3 Å². The number of hydrogen-bond donors (Lipinski definition) is 1. The van der Waals surface area contributed by atoms with E-state index in [1.807, 2.05) is 24.3 Å². The summed E-state index contributed by atoms with van der Waals surface area (Å²) in [7, 11) is 0. The first-order valence-electron chi connectivity index (χ1n) is 8.81. The lowest BCUT2D eigenvalue weighted by atomic mass is 9.99. The quantitative estimate of drug-likeness (QED) is 0.506. The van der Waals surface area contributed by atoms with Crippen LogP contribution in [0, 0.1) is 0 Å². The molecule has 0 unspecified atom stereocenters. The summed E-state index contributed by atoms with van der Waals surface area (Å²) in [4.78, 5) is 23.3. The summed E-state index contributed by atoms with van der Waals surface area (Å²) >= 11 is 0. The number of ether oxygens (including phenoxy) is 1. The first-order chi connectivity index (χ1) is 14.1. The van der Waals surface area contributed by atoms with Crippen LogP contribution in [0.5, 0.6) is 0 Å². The van der Waals surface area contributed by atoms with Gasteiger partial charge >= 0.3 is 11.9 Å². The van der Waals surface area contributed by atoms with Crippen molar-refractivity contribution in [3.05, 3.63) is 89.2 Å². The van der Waals surface area contributed by atoms with Crippen LogP contribution in [0.4, 0.5) is 0 Å². The number of aromatic carboxylic acids is 1. The molecule has 0 saturated carbocycles. The Morgan fingerprint density at radius 1 is 0.897 bits per heavy atom. The minimum absolute atomic E-state index is 0.0593. The molecule has 144 valence electrons. The van der Waals surface area contributed by atoms with Crippen LogP contribution in [0.1, 0.15) is 31.8 Å². The maximum atomic E-state index is 12.3. The molecule has 4 rings (SSSR count). The summed E-state index contributed by atoms with van der Waals surface area (Å²) in [6.45, 7) is -0.0593. The number of benzene rings is 3. The Bertz CT molecular complexity index is 1170. The zero-order chi connectivity index (χ0) is 20.2. The first-order valence-corrected chi connectivity index (χ1v) is 8.81. The Morgan fingerprint density at radius 2 is 1.62 bits per heavy atom. The van der Waals surface area contributed by atoms with Crippen molar-refractivity contribution in [1.82, 2.24) is 20.2 Å². The molecule has 0 spiro atoms. The first kappa shape index (κ1) is 18.3. The van der Waals surface area contributed by atoms with Gasteiger partial charge in [-0.1, -0.05) is 36.4 Å². The fourth-order valence-electron chi connectivity index (χ4n) is 2.98. The molecular formula is C21H16N4O4. The molecule has 0 fully saturated rings. The fourth-order valence-corrected chi connectivity index (χ4v) is 2.98. The number of fused-ring (bicyclic) bond motifs is 1. The number of nitrogens with zero attached hydrogens (tertiary/aromatic N) is 4. The highest BCUT2D eigenvalue weighted by Gasteiger charge is 2.09. The molecule has 3 aromatic carbocycles. The number of tetrazole rings is 1. The maximum Gasteiger partial charge on any atom is 0.339 e. The maximum absolute atomic E-state index is 12.3. The van der Waals surface area contributed by atoms with Crippen molar-refractivity contribution < 1.29 is 19.4 Å². The van der Waals surface area contributed by atoms with Gasteiger partial charge in [-0.2, -0.15) is 4.68 Å². The number of hydrogen-bond acceptors (Lipinski definition) is 6. The van der Waals surface area contributed by atoms with Crippen LogP contribution >= 0.6 is 0 Å². The lowest BCUT2D eigenvalue weighted by molar-refractivity contribution is 0.0346. The predicted octanol–water partition coefficient (Wildman–Crippen LogP) is 2.93. The number of rotatable bonds is 6. The molecule has 0 saturated heterocycles. The topological polar surface area (TPSA) is 107 Å². The normalized spacial score (nSPS) is 10.8. The third-order valence-electron chi connectivity index (χ3n) is 4.47. The van der Waals surface area contributed by atoms with Gasteiger partial charge in [-0.25, -0.2) is 9.59 Å². The molecule has 0 radical (unpaired) electrons. The molecule has 1 heterocycles. The molecular weight excluding hydrogens is 372 g/mol. The molecule has 0 amide bonds. The van der Waals surface area contributed by atoms with Gasteiger partial charge in [0.15, 0.2) is 6.73 Å². The lowest BCUT2D eigenvalue weighted by Gasteiger charge is -2.07. The molecule has 0 bridgehead atoms. The van der Waals surface area contributed by atoms with Crippen molar-refractivity contribution in [2.75, 3.05) is 0 Å². The van der Waals surface area contributed by atoms with Crippen molar-refractivity contribution in [1.29, 1.82) is 0 Å². The Hall–Kier alpha value is -4.07. The van der Waals surface area contributed by atoms with Crippen molar-refractivity contribution >= 4 is 22.7 Å². The van der Waals surface area contributed by atoms with E-state index in [0.29, 0.717) is 12.0 Å². The highest BCUT2D eigenvalue weighted by Crippen LogP contribution is 2.21. The van der Waals surface area contributed by atoms with Gasteiger partial charge in [0.25, 0.3) is 0 Å². The number of carbonyl (C=O) groups is 2. The zero-order valence-corrected chi connectivity index (χ0v) is 15.2. The Labute approximate surface area is 165 Å². The average molecular weight is 388 g/mol. The van der Waals surface area contributed by atoms with Crippen LogP contribution < -0.4 is 0 Å². The summed E-state index contributed by atoms with van der Waals surface area (Å²) in [6.07, 6.45) is 2.02. The second kappa shape index (κ2) is 7.89. The minimum Gasteiger partial charge on any atom is -0.478 e. The molecule has 29 heavy (non-hydrogen) atoms. The number of aromatic nitrogens is 4. The summed E-state index contributed by atoms with van der Waals surface area (Å²) in [5.41, 5.74) is 2.76. The van der Waals surface area contributed by atoms with Crippen molar-refractivity contribution in [2.24, 2.45) is 0 Å². The smallest absolute Gasteiger partial charge is 0.339 e. The van der Waals surface area contributed by atoms with E-state index >= 15 is 0 Å². The van der Waals surface area contributed by atoms with Crippen molar-refractivity contribution in [3.63, 3.8) is 0 Å². The Kier molecular flexibility index (Phi) is 4.98. The van der Waals surface area contributed by atoms with Crippen LogP contribution in [0.2, 0.25) is 0 Å². The summed E-state index contributed by atoms with van der Waals surface area (Å²) in [6, 6.07) is 18.2. The SMILES string of the molecule is O=C(O)c1ccc(Cc2ccc3ccc(C(=O)OCn4cnnn4)cc3c2)cc1. The van der Waals surface area contributed by atoms with E-state index in [9.17, 15) is 9.59 Å². The van der Waals surface area contributed by atoms with E-state index in [1.165, 1.54) is 11.0 Å². The summed E-state index contributed by atoms with van der Waals surface area (Å²) < 4.78 is 6.52. The Balaban J connectivity index is 1.51. The Morgan fingerprint density at radius 3 is 2.34 bits per heavy atom. The molecule has 0 aliphatic rings. The largest absolute Gasteiger partial charge is 0.478 e. The lowest BCUT2D eigenvalue weighted by Crippen LogP contribution is -2.10. The number of esters is 1. The molecule has 4 aromatic rings. The highest BCUT2D eigenvalue weighted by atomic mass is 16.5. The van der Waals surface area contributed by atoms with E-state index in [2.05, 4.69) is 15.5 Å². The van der Waals surface area contributed by atoms with E-state index in [0.717, 1.165) is 21.9 Å². The highest BCUT2D eigenvalue weighted by molar-refractivity contribution is 5.95. The molecule has 0 aliphatic heterocycles. The molecule has 0 aliphatic carbocycles. The van der Waals surface area contributed by atoms with Gasteiger partial charge in [0.2, 0.25) is 0 Å². The third-order valence-corrected chi connectivity index (χ3v) is 4.47. The van der Waals surface area contributed by atoms with Gasteiger partial charge in [0.05, 0.1) is 11.1 Å². The van der Waals surface area contributed by atoms with Gasteiger partial charge < -0.3 is 9.84 Å².